The molecule has 3 aromatic rings. The summed E-state index contributed by atoms with van der Waals surface area (Å²) in [7, 11) is 0. The Morgan fingerprint density at radius 1 is 0.933 bits per heavy atom. The molecule has 0 aliphatic carbocycles. The van der Waals surface area contributed by atoms with Crippen molar-refractivity contribution in [2.75, 3.05) is 0 Å². The number of aromatic amines is 1. The summed E-state index contributed by atoms with van der Waals surface area (Å²) in [4.78, 5) is 7.75. The van der Waals surface area contributed by atoms with E-state index in [-0.39, 0.29) is 0 Å². The first kappa shape index (κ1) is 8.17. The van der Waals surface area contributed by atoms with Crippen LogP contribution in [0.4, 0.5) is 0 Å². The van der Waals surface area contributed by atoms with Crippen molar-refractivity contribution in [2.45, 2.75) is 0 Å². The number of benzene rings is 1. The molecule has 0 bridgehead atoms. The smallest absolute Gasteiger partial charge is 0.238 e. The van der Waals surface area contributed by atoms with E-state index in [1.807, 2.05) is 59.4 Å². The predicted octanol–water partition coefficient (Wildman–Crippen LogP) is 1.84. The Kier molecular flexibility index (Phi) is 1.75. The van der Waals surface area contributed by atoms with Crippen LogP contribution in [0.2, 0.25) is 0 Å². The minimum Gasteiger partial charge on any atom is -0.238 e. The van der Waals surface area contributed by atoms with Gasteiger partial charge in [0.2, 0.25) is 0 Å². The van der Waals surface area contributed by atoms with Gasteiger partial charge in [-0.25, -0.2) is 9.55 Å². The molecule has 2 heterocycles. The fraction of sp³-hybridized carbons (Fsp3) is 0. The van der Waals surface area contributed by atoms with E-state index in [0.29, 0.717) is 0 Å². The average Bonchev–Trinajstić information content (AvgIpc) is 2.74. The molecule has 3 heteroatoms. The Morgan fingerprint density at radius 2 is 1.73 bits per heavy atom. The number of H-pyrrole nitrogens is 1. The summed E-state index contributed by atoms with van der Waals surface area (Å²) in [5.74, 6) is 0.844. The van der Waals surface area contributed by atoms with Crippen LogP contribution < -0.4 is 4.57 Å². The van der Waals surface area contributed by atoms with E-state index >= 15 is 0 Å². The van der Waals surface area contributed by atoms with Crippen LogP contribution in [0.5, 0.6) is 0 Å². The highest BCUT2D eigenvalue weighted by Crippen LogP contribution is 2.09. The zero-order valence-electron chi connectivity index (χ0n) is 8.09. The molecule has 2 aromatic heterocycles. The van der Waals surface area contributed by atoms with Gasteiger partial charge in [-0.15, -0.1) is 0 Å². The molecule has 0 aliphatic heterocycles. The second-order valence-electron chi connectivity index (χ2n) is 3.36. The molecule has 0 aliphatic rings. The van der Waals surface area contributed by atoms with Crippen LogP contribution in [0.3, 0.4) is 0 Å². The van der Waals surface area contributed by atoms with Crippen molar-refractivity contribution in [3.8, 4) is 5.95 Å². The minimum absolute atomic E-state index is 0.844. The van der Waals surface area contributed by atoms with Crippen LogP contribution in [0, 0.1) is 0 Å². The third-order valence-electron chi connectivity index (χ3n) is 2.34. The SMILES string of the molecule is c1cc[n+](-c2nc3ccccc3[nH]2)cc1. The summed E-state index contributed by atoms with van der Waals surface area (Å²) in [5, 5.41) is 0. The number of aromatic nitrogens is 3. The first-order valence-corrected chi connectivity index (χ1v) is 4.85. The van der Waals surface area contributed by atoms with Crippen molar-refractivity contribution in [1.29, 1.82) is 0 Å². The van der Waals surface area contributed by atoms with Crippen LogP contribution >= 0.6 is 0 Å². The van der Waals surface area contributed by atoms with E-state index in [2.05, 4.69) is 9.97 Å². The van der Waals surface area contributed by atoms with Gasteiger partial charge in [0.05, 0.1) is 12.4 Å². The lowest BCUT2D eigenvalue weighted by molar-refractivity contribution is -0.603. The number of nitrogens with zero attached hydrogens (tertiary/aromatic N) is 2. The van der Waals surface area contributed by atoms with Crippen LogP contribution in [0.1, 0.15) is 0 Å². The minimum atomic E-state index is 0.844. The largest absolute Gasteiger partial charge is 0.401 e. The summed E-state index contributed by atoms with van der Waals surface area (Å²) in [6.07, 6.45) is 3.94. The molecule has 3 rings (SSSR count). The molecule has 0 radical (unpaired) electrons. The van der Waals surface area contributed by atoms with Crippen LogP contribution in [-0.4, -0.2) is 9.97 Å². The third kappa shape index (κ3) is 1.38. The number of rotatable bonds is 1. The van der Waals surface area contributed by atoms with Gasteiger partial charge < -0.3 is 0 Å². The van der Waals surface area contributed by atoms with Gasteiger partial charge in [-0.05, 0) is 24.3 Å². The maximum atomic E-state index is 4.49. The third-order valence-corrected chi connectivity index (χ3v) is 2.34. The number of pyridine rings is 1. The number of imidazole rings is 1. The van der Waals surface area contributed by atoms with E-state index in [4.69, 9.17) is 0 Å². The highest BCUT2D eigenvalue weighted by atomic mass is 15.1. The van der Waals surface area contributed by atoms with Crippen molar-refractivity contribution in [1.82, 2.24) is 9.97 Å². The Bertz CT molecular complexity index is 551. The van der Waals surface area contributed by atoms with Crippen LogP contribution in [0.15, 0.2) is 54.9 Å². The molecular formula is C12H10N3+. The molecule has 0 atom stereocenters. The van der Waals surface area contributed by atoms with Gasteiger partial charge in [-0.3, -0.25) is 0 Å². The summed E-state index contributed by atoms with van der Waals surface area (Å²) in [5.41, 5.74) is 2.05. The lowest BCUT2D eigenvalue weighted by Crippen LogP contribution is -2.30. The van der Waals surface area contributed by atoms with E-state index in [0.717, 1.165) is 17.0 Å². The molecule has 72 valence electrons. The van der Waals surface area contributed by atoms with Crippen LogP contribution in [0.25, 0.3) is 17.0 Å². The monoisotopic (exact) mass is 196 g/mol. The van der Waals surface area contributed by atoms with Gasteiger partial charge in [0.1, 0.15) is 5.52 Å². The van der Waals surface area contributed by atoms with Crippen molar-refractivity contribution in [3.63, 3.8) is 0 Å². The van der Waals surface area contributed by atoms with Crippen molar-refractivity contribution in [3.05, 3.63) is 54.9 Å². The maximum absolute atomic E-state index is 4.49. The summed E-state index contributed by atoms with van der Waals surface area (Å²) < 4.78 is 1.96. The normalized spacial score (nSPS) is 10.7. The fourth-order valence-electron chi connectivity index (χ4n) is 1.60. The molecule has 3 nitrogen and oxygen atoms in total. The van der Waals surface area contributed by atoms with Gasteiger partial charge in [-0.1, -0.05) is 23.2 Å². The van der Waals surface area contributed by atoms with Crippen molar-refractivity contribution < 1.29 is 4.57 Å². The first-order chi connectivity index (χ1) is 7.43. The van der Waals surface area contributed by atoms with Gasteiger partial charge in [0.25, 0.3) is 0 Å². The lowest BCUT2D eigenvalue weighted by Gasteiger charge is -1.89. The Balaban J connectivity index is 2.21. The van der Waals surface area contributed by atoms with Gasteiger partial charge in [0.15, 0.2) is 5.52 Å². The predicted molar refractivity (Wildman–Crippen MR) is 57.6 cm³/mol. The molecule has 0 fully saturated rings. The number of para-hydroxylation sites is 2. The number of nitrogens with one attached hydrogen (secondary N) is 1. The number of hydrogen-bond donors (Lipinski definition) is 1. The molecule has 15 heavy (non-hydrogen) atoms. The molecule has 0 unspecified atom stereocenters. The molecule has 0 saturated heterocycles. The van der Waals surface area contributed by atoms with Crippen molar-refractivity contribution >= 4 is 11.0 Å². The van der Waals surface area contributed by atoms with E-state index < -0.39 is 0 Å². The zero-order valence-corrected chi connectivity index (χ0v) is 8.09. The summed E-state index contributed by atoms with van der Waals surface area (Å²) >= 11 is 0. The molecule has 1 N–H and O–H groups in total. The molecule has 1 aromatic carbocycles. The van der Waals surface area contributed by atoms with E-state index in [1.54, 1.807) is 0 Å². The lowest BCUT2D eigenvalue weighted by atomic mass is 10.3. The molecule has 0 amide bonds. The highest BCUT2D eigenvalue weighted by Gasteiger charge is 2.11. The molecular weight excluding hydrogens is 186 g/mol. The first-order valence-electron chi connectivity index (χ1n) is 4.85. The zero-order chi connectivity index (χ0) is 10.1. The Morgan fingerprint density at radius 3 is 2.53 bits per heavy atom. The quantitative estimate of drug-likeness (QED) is 0.592. The number of hydrogen-bond acceptors (Lipinski definition) is 1. The fourth-order valence-corrected chi connectivity index (χ4v) is 1.60. The Labute approximate surface area is 87.0 Å². The van der Waals surface area contributed by atoms with E-state index in [1.165, 1.54) is 0 Å². The van der Waals surface area contributed by atoms with Gasteiger partial charge in [0, 0.05) is 0 Å². The molecule has 0 saturated carbocycles. The van der Waals surface area contributed by atoms with Crippen LogP contribution in [-0.2, 0) is 0 Å². The summed E-state index contributed by atoms with van der Waals surface area (Å²) in [6.45, 7) is 0. The average molecular weight is 196 g/mol. The van der Waals surface area contributed by atoms with Gasteiger partial charge >= 0.3 is 5.95 Å². The second kappa shape index (κ2) is 3.20. The van der Waals surface area contributed by atoms with E-state index in [9.17, 15) is 0 Å². The highest BCUT2D eigenvalue weighted by molar-refractivity contribution is 5.75. The second-order valence-corrected chi connectivity index (χ2v) is 3.36. The topological polar surface area (TPSA) is 32.6 Å². The Hall–Kier alpha value is -2.16. The molecule has 0 spiro atoms. The summed E-state index contributed by atoms with van der Waals surface area (Å²) in [6, 6.07) is 14.0. The van der Waals surface area contributed by atoms with Crippen molar-refractivity contribution in [2.24, 2.45) is 0 Å². The van der Waals surface area contributed by atoms with Gasteiger partial charge in [-0.2, -0.15) is 0 Å². The standard InChI is InChI=1S/C12H10N3/c1-4-8-15(9-5-1)12-13-10-6-2-3-7-11(10)14-12/h1-9H,(H,13,14)/q+1. The number of fused-ring (bicyclic) bond motifs is 1. The maximum Gasteiger partial charge on any atom is 0.401 e.